The second-order valence-electron chi connectivity index (χ2n) is 6.45. The highest BCUT2D eigenvalue weighted by atomic mass is 32.2. The Hall–Kier alpha value is -2.45. The third-order valence-electron chi connectivity index (χ3n) is 4.52. The van der Waals surface area contributed by atoms with Crippen LogP contribution in [0.1, 0.15) is 19.3 Å². The van der Waals surface area contributed by atoms with E-state index in [1.54, 1.807) is 4.68 Å². The Morgan fingerprint density at radius 1 is 1.26 bits per heavy atom. The molecule has 0 saturated carbocycles. The van der Waals surface area contributed by atoms with E-state index in [1.807, 2.05) is 42.5 Å². The summed E-state index contributed by atoms with van der Waals surface area (Å²) in [5.41, 5.74) is 0.839. The lowest BCUT2D eigenvalue weighted by molar-refractivity contribution is -0.115. The van der Waals surface area contributed by atoms with Crippen LogP contribution in [0.5, 0.6) is 0 Å². The van der Waals surface area contributed by atoms with Gasteiger partial charge in [0.2, 0.25) is 11.1 Å². The zero-order valence-electron chi connectivity index (χ0n) is 14.9. The number of anilines is 1. The first-order chi connectivity index (χ1) is 13.3. The Labute approximate surface area is 161 Å². The van der Waals surface area contributed by atoms with Crippen LogP contribution < -0.4 is 5.32 Å². The van der Waals surface area contributed by atoms with E-state index in [2.05, 4.69) is 20.8 Å². The molecule has 1 atom stereocenters. The van der Waals surface area contributed by atoms with Crippen LogP contribution in [0, 0.1) is 0 Å². The smallest absolute Gasteiger partial charge is 0.225 e. The number of tetrazole rings is 1. The van der Waals surface area contributed by atoms with Crippen LogP contribution in [-0.2, 0) is 16.1 Å². The second kappa shape index (κ2) is 8.49. The van der Waals surface area contributed by atoms with Crippen LogP contribution in [-0.4, -0.2) is 44.6 Å². The summed E-state index contributed by atoms with van der Waals surface area (Å²) in [5.74, 6) is 0.597. The molecule has 1 aliphatic rings. The maximum absolute atomic E-state index is 12.3. The van der Waals surface area contributed by atoms with Gasteiger partial charge >= 0.3 is 0 Å². The molecule has 2 heterocycles. The van der Waals surface area contributed by atoms with Crippen LogP contribution >= 0.6 is 11.8 Å². The summed E-state index contributed by atoms with van der Waals surface area (Å²) in [6.45, 7) is 1.47. The molecule has 140 valence electrons. The number of aromatic nitrogens is 4. The van der Waals surface area contributed by atoms with Gasteiger partial charge in [0.15, 0.2) is 0 Å². The summed E-state index contributed by atoms with van der Waals surface area (Å²) in [6, 6.07) is 13.9. The van der Waals surface area contributed by atoms with Gasteiger partial charge in [0, 0.05) is 29.9 Å². The van der Waals surface area contributed by atoms with E-state index in [0.29, 0.717) is 18.7 Å². The number of benzene rings is 2. The van der Waals surface area contributed by atoms with E-state index in [0.717, 1.165) is 41.1 Å². The van der Waals surface area contributed by atoms with Gasteiger partial charge in [0.1, 0.15) is 0 Å². The highest BCUT2D eigenvalue weighted by molar-refractivity contribution is 7.99. The number of amides is 1. The number of fused-ring (bicyclic) bond motifs is 1. The van der Waals surface area contributed by atoms with E-state index in [9.17, 15) is 4.79 Å². The highest BCUT2D eigenvalue weighted by Crippen LogP contribution is 2.24. The first-order valence-corrected chi connectivity index (χ1v) is 10.1. The van der Waals surface area contributed by atoms with Crippen LogP contribution in [0.2, 0.25) is 0 Å². The third-order valence-corrected chi connectivity index (χ3v) is 5.48. The number of rotatable bonds is 7. The lowest BCUT2D eigenvalue weighted by Crippen LogP contribution is -2.17. The average molecular weight is 383 g/mol. The number of nitrogens with zero attached hydrogens (tertiary/aromatic N) is 4. The van der Waals surface area contributed by atoms with E-state index < -0.39 is 0 Å². The Morgan fingerprint density at radius 2 is 2.15 bits per heavy atom. The fraction of sp³-hybridized carbons (Fsp3) is 0.368. The highest BCUT2D eigenvalue weighted by Gasteiger charge is 2.19. The summed E-state index contributed by atoms with van der Waals surface area (Å²) in [4.78, 5) is 12.3. The van der Waals surface area contributed by atoms with Gasteiger partial charge in [-0.05, 0) is 34.7 Å². The second-order valence-corrected chi connectivity index (χ2v) is 7.51. The minimum Gasteiger partial charge on any atom is -0.376 e. The van der Waals surface area contributed by atoms with Gasteiger partial charge in [0.25, 0.3) is 0 Å². The Kier molecular flexibility index (Phi) is 5.64. The molecular formula is C19H21N5O2S. The van der Waals surface area contributed by atoms with Gasteiger partial charge in [-0.3, -0.25) is 4.79 Å². The SMILES string of the molecule is O=C(CCSc1nnnn1C[C@@H]1CCCO1)Nc1cccc2ccccc12. The molecule has 2 aromatic carbocycles. The van der Waals surface area contributed by atoms with Crippen molar-refractivity contribution >= 4 is 34.1 Å². The van der Waals surface area contributed by atoms with E-state index in [-0.39, 0.29) is 12.0 Å². The number of nitrogens with one attached hydrogen (secondary N) is 1. The zero-order chi connectivity index (χ0) is 18.5. The molecule has 0 bridgehead atoms. The van der Waals surface area contributed by atoms with Crippen molar-refractivity contribution in [2.75, 3.05) is 17.7 Å². The third kappa shape index (κ3) is 4.45. The van der Waals surface area contributed by atoms with Crippen LogP contribution in [0.15, 0.2) is 47.6 Å². The Bertz CT molecular complexity index is 918. The van der Waals surface area contributed by atoms with E-state index >= 15 is 0 Å². The first-order valence-electron chi connectivity index (χ1n) is 9.08. The van der Waals surface area contributed by atoms with Gasteiger partial charge in [-0.25, -0.2) is 4.68 Å². The fourth-order valence-electron chi connectivity index (χ4n) is 3.18. The number of hydrogen-bond acceptors (Lipinski definition) is 6. The number of thioether (sulfide) groups is 1. The molecule has 1 saturated heterocycles. The number of carbonyl (C=O) groups is 1. The molecule has 7 nitrogen and oxygen atoms in total. The van der Waals surface area contributed by atoms with Crippen molar-refractivity contribution < 1.29 is 9.53 Å². The molecule has 0 spiro atoms. The lowest BCUT2D eigenvalue weighted by Gasteiger charge is -2.10. The molecule has 0 radical (unpaired) electrons. The first kappa shape index (κ1) is 17.9. The molecule has 27 heavy (non-hydrogen) atoms. The van der Waals surface area contributed by atoms with Crippen LogP contribution in [0.25, 0.3) is 10.8 Å². The van der Waals surface area contributed by atoms with Crippen molar-refractivity contribution in [1.82, 2.24) is 20.2 Å². The summed E-state index contributed by atoms with van der Waals surface area (Å²) < 4.78 is 7.40. The standard InChI is InChI=1S/C19H21N5O2S/c25-18(20-17-9-3-6-14-5-1-2-8-16(14)17)10-12-27-19-21-22-23-24(19)13-15-7-4-11-26-15/h1-3,5-6,8-9,15H,4,7,10-13H2,(H,20,25)/t15-/m0/s1. The van der Waals surface area contributed by atoms with Gasteiger partial charge in [-0.15, -0.1) is 5.10 Å². The number of carbonyl (C=O) groups excluding carboxylic acids is 1. The molecule has 1 aromatic heterocycles. The Morgan fingerprint density at radius 3 is 3.04 bits per heavy atom. The topological polar surface area (TPSA) is 81.9 Å². The molecule has 8 heteroatoms. The van der Waals surface area contributed by atoms with Gasteiger partial charge in [0.05, 0.1) is 12.6 Å². The summed E-state index contributed by atoms with van der Waals surface area (Å²) in [5, 5.41) is 17.7. The quantitative estimate of drug-likeness (QED) is 0.631. The predicted molar refractivity (Wildman–Crippen MR) is 105 cm³/mol. The molecule has 1 N–H and O–H groups in total. The predicted octanol–water partition coefficient (Wildman–Crippen LogP) is 3.13. The molecular weight excluding hydrogens is 362 g/mol. The molecule has 1 aliphatic heterocycles. The molecule has 1 amide bonds. The van der Waals surface area contributed by atoms with Crippen molar-refractivity contribution in [2.24, 2.45) is 0 Å². The van der Waals surface area contributed by atoms with Crippen molar-refractivity contribution in [3.63, 3.8) is 0 Å². The number of ether oxygens (including phenoxy) is 1. The van der Waals surface area contributed by atoms with Gasteiger partial charge < -0.3 is 10.1 Å². The molecule has 0 unspecified atom stereocenters. The maximum Gasteiger partial charge on any atom is 0.225 e. The van der Waals surface area contributed by atoms with Crippen molar-refractivity contribution in [3.8, 4) is 0 Å². The van der Waals surface area contributed by atoms with E-state index in [4.69, 9.17) is 4.74 Å². The molecule has 1 fully saturated rings. The largest absolute Gasteiger partial charge is 0.376 e. The van der Waals surface area contributed by atoms with Crippen molar-refractivity contribution in [2.45, 2.75) is 37.1 Å². The van der Waals surface area contributed by atoms with Crippen LogP contribution in [0.4, 0.5) is 5.69 Å². The molecule has 4 rings (SSSR count). The van der Waals surface area contributed by atoms with Crippen LogP contribution in [0.3, 0.4) is 0 Å². The van der Waals surface area contributed by atoms with Crippen molar-refractivity contribution in [3.05, 3.63) is 42.5 Å². The monoisotopic (exact) mass is 383 g/mol. The summed E-state index contributed by atoms with van der Waals surface area (Å²) >= 11 is 1.49. The normalized spacial score (nSPS) is 16.7. The van der Waals surface area contributed by atoms with Crippen molar-refractivity contribution in [1.29, 1.82) is 0 Å². The van der Waals surface area contributed by atoms with E-state index in [1.165, 1.54) is 11.8 Å². The maximum atomic E-state index is 12.3. The summed E-state index contributed by atoms with van der Waals surface area (Å²) in [7, 11) is 0. The minimum absolute atomic E-state index is 0.0167. The zero-order valence-corrected chi connectivity index (χ0v) is 15.7. The lowest BCUT2D eigenvalue weighted by atomic mass is 10.1. The van der Waals surface area contributed by atoms with Gasteiger partial charge in [-0.2, -0.15) is 0 Å². The Balaban J connectivity index is 1.30. The number of hydrogen-bond donors (Lipinski definition) is 1. The molecule has 0 aliphatic carbocycles. The fourth-order valence-corrected chi connectivity index (χ4v) is 4.00. The summed E-state index contributed by atoms with van der Waals surface area (Å²) in [6.07, 6.45) is 2.70. The minimum atomic E-state index is -0.0167. The molecule has 3 aromatic rings. The average Bonchev–Trinajstić information content (AvgIpc) is 3.35. The van der Waals surface area contributed by atoms with Gasteiger partial charge in [-0.1, -0.05) is 48.2 Å².